The first-order chi connectivity index (χ1) is 14.6. The number of hydrogen-bond donors (Lipinski definition) is 0. The van der Waals surface area contributed by atoms with E-state index < -0.39 is 0 Å². The molecule has 152 valence electrons. The minimum absolute atomic E-state index is 0.234. The molecule has 0 aliphatic carbocycles. The number of ether oxygens (including phenoxy) is 3. The first-order valence-corrected chi connectivity index (χ1v) is 10.2. The Kier molecular flexibility index (Phi) is 5.34. The third-order valence-electron chi connectivity index (χ3n) is 5.06. The zero-order valence-corrected chi connectivity index (χ0v) is 18.0. The fourth-order valence-electron chi connectivity index (χ4n) is 3.61. The lowest BCUT2D eigenvalue weighted by molar-refractivity contribution is 0.404. The molecule has 2 aromatic carbocycles. The maximum atomic E-state index is 9.54. The van der Waals surface area contributed by atoms with Crippen LogP contribution < -0.4 is 14.2 Å². The molecule has 0 amide bonds. The third kappa shape index (κ3) is 3.25. The van der Waals surface area contributed by atoms with Crippen LogP contribution in [0.5, 0.6) is 17.2 Å². The first-order valence-electron chi connectivity index (χ1n) is 9.34. The van der Waals surface area contributed by atoms with E-state index in [0.717, 1.165) is 56.0 Å². The van der Waals surface area contributed by atoms with E-state index >= 15 is 0 Å². The molecule has 0 N–H and O–H groups in total. The van der Waals surface area contributed by atoms with Crippen molar-refractivity contribution in [1.82, 2.24) is 9.38 Å². The molecule has 0 atom stereocenters. The topological polar surface area (TPSA) is 68.8 Å². The number of thiazole rings is 1. The summed E-state index contributed by atoms with van der Waals surface area (Å²) in [6.07, 6.45) is 0.234. The van der Waals surface area contributed by atoms with Gasteiger partial charge in [0.15, 0.2) is 4.96 Å². The molecule has 0 bridgehead atoms. The van der Waals surface area contributed by atoms with Gasteiger partial charge in [-0.25, -0.2) is 4.98 Å². The van der Waals surface area contributed by atoms with Gasteiger partial charge in [-0.2, -0.15) is 5.26 Å². The number of fused-ring (bicyclic) bond motifs is 1. The second-order valence-corrected chi connectivity index (χ2v) is 7.57. The van der Waals surface area contributed by atoms with Crippen molar-refractivity contribution in [3.63, 3.8) is 0 Å². The van der Waals surface area contributed by atoms with Crippen LogP contribution in [0.15, 0.2) is 41.8 Å². The molecule has 4 rings (SSSR count). The molecule has 0 saturated carbocycles. The van der Waals surface area contributed by atoms with E-state index in [2.05, 4.69) is 6.07 Å². The SMILES string of the molecule is COc1ccc(OC)c(-c2csc3nc(-c4ccc(OC)c(C)c4)c(CC#N)n23)c1. The van der Waals surface area contributed by atoms with Gasteiger partial charge in [-0.3, -0.25) is 4.40 Å². The van der Waals surface area contributed by atoms with Gasteiger partial charge in [0.2, 0.25) is 0 Å². The quantitative estimate of drug-likeness (QED) is 0.433. The Labute approximate surface area is 178 Å². The average Bonchev–Trinajstić information content (AvgIpc) is 3.33. The number of imidazole rings is 1. The van der Waals surface area contributed by atoms with Crippen LogP contribution in [-0.4, -0.2) is 30.7 Å². The zero-order chi connectivity index (χ0) is 21.3. The molecule has 2 heterocycles. The van der Waals surface area contributed by atoms with E-state index in [1.165, 1.54) is 11.3 Å². The van der Waals surface area contributed by atoms with Crippen LogP contribution in [0, 0.1) is 18.3 Å². The largest absolute Gasteiger partial charge is 0.497 e. The highest BCUT2D eigenvalue weighted by molar-refractivity contribution is 7.15. The summed E-state index contributed by atoms with van der Waals surface area (Å²) in [5.41, 5.74) is 5.43. The van der Waals surface area contributed by atoms with E-state index in [0.29, 0.717) is 0 Å². The minimum Gasteiger partial charge on any atom is -0.497 e. The van der Waals surface area contributed by atoms with Crippen molar-refractivity contribution >= 4 is 16.3 Å². The summed E-state index contributed by atoms with van der Waals surface area (Å²) < 4.78 is 18.4. The van der Waals surface area contributed by atoms with Crippen molar-refractivity contribution in [3.8, 4) is 45.8 Å². The van der Waals surface area contributed by atoms with Crippen molar-refractivity contribution in [1.29, 1.82) is 5.26 Å². The van der Waals surface area contributed by atoms with Gasteiger partial charge in [-0.1, -0.05) is 0 Å². The van der Waals surface area contributed by atoms with E-state index in [1.54, 1.807) is 21.3 Å². The standard InChI is InChI=1S/C23H21N3O3S/c1-14-11-15(5-7-20(14)28-3)22-18(9-10-24)26-19(13-30-23(26)25-22)17-12-16(27-2)6-8-21(17)29-4/h5-8,11-13H,9H2,1-4H3. The number of nitriles is 1. The lowest BCUT2D eigenvalue weighted by Gasteiger charge is -2.11. The minimum atomic E-state index is 0.234. The fraction of sp³-hybridized carbons (Fsp3) is 0.217. The Bertz CT molecular complexity index is 1270. The van der Waals surface area contributed by atoms with Gasteiger partial charge in [0, 0.05) is 16.5 Å². The summed E-state index contributed by atoms with van der Waals surface area (Å²) in [5.74, 6) is 2.29. The van der Waals surface area contributed by atoms with Crippen LogP contribution in [0.1, 0.15) is 11.3 Å². The summed E-state index contributed by atoms with van der Waals surface area (Å²) in [4.78, 5) is 5.68. The van der Waals surface area contributed by atoms with Crippen LogP contribution in [0.3, 0.4) is 0 Å². The monoisotopic (exact) mass is 419 g/mol. The Hall–Kier alpha value is -3.50. The Morgan fingerprint density at radius 1 is 1.03 bits per heavy atom. The molecule has 30 heavy (non-hydrogen) atoms. The second kappa shape index (κ2) is 8.09. The zero-order valence-electron chi connectivity index (χ0n) is 17.2. The second-order valence-electron chi connectivity index (χ2n) is 6.73. The number of rotatable bonds is 6. The molecule has 4 aromatic rings. The van der Waals surface area contributed by atoms with Crippen LogP contribution in [-0.2, 0) is 6.42 Å². The van der Waals surface area contributed by atoms with Crippen molar-refractivity contribution in [3.05, 3.63) is 53.0 Å². The smallest absolute Gasteiger partial charge is 0.195 e. The van der Waals surface area contributed by atoms with Crippen LogP contribution in [0.4, 0.5) is 0 Å². The molecule has 6 nitrogen and oxygen atoms in total. The number of benzene rings is 2. The maximum absolute atomic E-state index is 9.54. The Morgan fingerprint density at radius 2 is 1.80 bits per heavy atom. The number of aromatic nitrogens is 2. The molecule has 0 radical (unpaired) electrons. The molecule has 0 aliphatic rings. The molecular formula is C23H21N3O3S. The van der Waals surface area contributed by atoms with Crippen molar-refractivity contribution in [2.75, 3.05) is 21.3 Å². The van der Waals surface area contributed by atoms with Crippen LogP contribution in [0.2, 0.25) is 0 Å². The molecular weight excluding hydrogens is 398 g/mol. The van der Waals surface area contributed by atoms with Crippen molar-refractivity contribution in [2.24, 2.45) is 0 Å². The number of nitrogens with zero attached hydrogens (tertiary/aromatic N) is 3. The summed E-state index contributed by atoms with van der Waals surface area (Å²) in [6, 6.07) is 13.9. The summed E-state index contributed by atoms with van der Waals surface area (Å²) in [7, 11) is 4.94. The third-order valence-corrected chi connectivity index (χ3v) is 5.88. The summed E-state index contributed by atoms with van der Waals surface area (Å²) in [6.45, 7) is 2.00. The lowest BCUT2D eigenvalue weighted by atomic mass is 10.1. The molecule has 7 heteroatoms. The highest BCUT2D eigenvalue weighted by Crippen LogP contribution is 2.39. The van der Waals surface area contributed by atoms with Crippen LogP contribution >= 0.6 is 11.3 Å². The molecule has 0 aliphatic heterocycles. The van der Waals surface area contributed by atoms with Gasteiger partial charge < -0.3 is 14.2 Å². The van der Waals surface area contributed by atoms with E-state index in [-0.39, 0.29) is 6.42 Å². The molecule has 2 aromatic heterocycles. The average molecular weight is 420 g/mol. The molecule has 0 spiro atoms. The number of aryl methyl sites for hydroxylation is 1. The highest BCUT2D eigenvalue weighted by Gasteiger charge is 2.21. The van der Waals surface area contributed by atoms with Crippen molar-refractivity contribution < 1.29 is 14.2 Å². The van der Waals surface area contributed by atoms with Crippen molar-refractivity contribution in [2.45, 2.75) is 13.3 Å². The lowest BCUT2D eigenvalue weighted by Crippen LogP contribution is -1.97. The molecule has 0 fully saturated rings. The predicted molar refractivity (Wildman–Crippen MR) is 118 cm³/mol. The van der Waals surface area contributed by atoms with Gasteiger partial charge in [-0.15, -0.1) is 11.3 Å². The fourth-order valence-corrected chi connectivity index (χ4v) is 4.52. The first kappa shape index (κ1) is 19.8. The Balaban J connectivity index is 1.96. The molecule has 0 saturated heterocycles. The van der Waals surface area contributed by atoms with E-state index in [4.69, 9.17) is 19.2 Å². The van der Waals surface area contributed by atoms with Gasteiger partial charge in [0.05, 0.1) is 50.9 Å². The summed E-state index contributed by atoms with van der Waals surface area (Å²) in [5, 5.41) is 11.6. The van der Waals surface area contributed by atoms with Gasteiger partial charge in [0.1, 0.15) is 17.2 Å². The van der Waals surface area contributed by atoms with E-state index in [1.807, 2.05) is 53.1 Å². The maximum Gasteiger partial charge on any atom is 0.195 e. The Morgan fingerprint density at radius 3 is 2.47 bits per heavy atom. The van der Waals surface area contributed by atoms with Gasteiger partial charge >= 0.3 is 0 Å². The summed E-state index contributed by atoms with van der Waals surface area (Å²) >= 11 is 1.53. The van der Waals surface area contributed by atoms with Crippen LogP contribution in [0.25, 0.3) is 27.5 Å². The predicted octanol–water partition coefficient (Wildman–Crippen LogP) is 5.13. The van der Waals surface area contributed by atoms with Gasteiger partial charge in [-0.05, 0) is 48.9 Å². The highest BCUT2D eigenvalue weighted by atomic mass is 32.1. The number of methoxy groups -OCH3 is 3. The number of hydrogen-bond acceptors (Lipinski definition) is 6. The molecule has 0 unspecified atom stereocenters. The normalized spacial score (nSPS) is 10.8. The van der Waals surface area contributed by atoms with Gasteiger partial charge in [0.25, 0.3) is 0 Å². The van der Waals surface area contributed by atoms with E-state index in [9.17, 15) is 5.26 Å².